The van der Waals surface area contributed by atoms with Crippen LogP contribution in [-0.2, 0) is 9.59 Å². The van der Waals surface area contributed by atoms with Crippen molar-refractivity contribution in [3.05, 3.63) is 26.8 Å². The number of amides is 2. The van der Waals surface area contributed by atoms with Crippen molar-refractivity contribution in [2.75, 3.05) is 4.90 Å². The van der Waals surface area contributed by atoms with Crippen molar-refractivity contribution in [2.24, 2.45) is 0 Å². The SMILES string of the molecule is CCC1NC(=O)C(CC)N(c2ccc(I)cc2Cl)C1=O. The number of anilines is 1. The predicted octanol–water partition coefficient (Wildman–Crippen LogP) is 2.96. The van der Waals surface area contributed by atoms with Gasteiger partial charge in [-0.3, -0.25) is 14.5 Å². The third-order valence-corrected chi connectivity index (χ3v) is 4.40. The maximum Gasteiger partial charge on any atom is 0.250 e. The van der Waals surface area contributed by atoms with Crippen LogP contribution in [0.5, 0.6) is 0 Å². The Labute approximate surface area is 137 Å². The zero-order chi connectivity index (χ0) is 14.9. The first-order valence-corrected chi connectivity index (χ1v) is 8.03. The number of nitrogens with one attached hydrogen (secondary N) is 1. The summed E-state index contributed by atoms with van der Waals surface area (Å²) in [5.74, 6) is -0.212. The minimum Gasteiger partial charge on any atom is -0.342 e. The molecule has 1 heterocycles. The Morgan fingerprint density at radius 2 is 2.00 bits per heavy atom. The number of piperazine rings is 1. The molecule has 108 valence electrons. The molecule has 1 aliphatic rings. The maximum atomic E-state index is 12.6. The summed E-state index contributed by atoms with van der Waals surface area (Å²) in [5, 5.41) is 3.27. The van der Waals surface area contributed by atoms with Crippen LogP contribution in [0.2, 0.25) is 5.02 Å². The van der Waals surface area contributed by atoms with Gasteiger partial charge in [-0.05, 0) is 53.6 Å². The second kappa shape index (κ2) is 6.30. The molecule has 2 unspecified atom stereocenters. The maximum absolute atomic E-state index is 12.6. The highest BCUT2D eigenvalue weighted by atomic mass is 127. The van der Waals surface area contributed by atoms with Crippen LogP contribution in [0.1, 0.15) is 26.7 Å². The number of benzene rings is 1. The molecule has 1 saturated heterocycles. The molecule has 2 atom stereocenters. The average Bonchev–Trinajstić information content (AvgIpc) is 2.41. The van der Waals surface area contributed by atoms with Crippen LogP contribution >= 0.6 is 34.2 Å². The van der Waals surface area contributed by atoms with Gasteiger partial charge in [0, 0.05) is 3.57 Å². The highest BCUT2D eigenvalue weighted by molar-refractivity contribution is 14.1. The molecule has 1 N–H and O–H groups in total. The highest BCUT2D eigenvalue weighted by Crippen LogP contribution is 2.32. The van der Waals surface area contributed by atoms with E-state index in [4.69, 9.17) is 11.6 Å². The predicted molar refractivity (Wildman–Crippen MR) is 88.0 cm³/mol. The zero-order valence-corrected chi connectivity index (χ0v) is 14.2. The summed E-state index contributed by atoms with van der Waals surface area (Å²) in [7, 11) is 0. The third-order valence-electron chi connectivity index (χ3n) is 3.43. The fourth-order valence-corrected chi connectivity index (χ4v) is 3.32. The molecule has 0 radical (unpaired) electrons. The molecule has 0 saturated carbocycles. The van der Waals surface area contributed by atoms with Gasteiger partial charge in [0.15, 0.2) is 0 Å². The Morgan fingerprint density at radius 3 is 2.55 bits per heavy atom. The Morgan fingerprint density at radius 1 is 1.30 bits per heavy atom. The van der Waals surface area contributed by atoms with Crippen LogP contribution in [0.3, 0.4) is 0 Å². The number of carbonyl (C=O) groups excluding carboxylic acids is 2. The average molecular weight is 407 g/mol. The molecule has 1 fully saturated rings. The van der Waals surface area contributed by atoms with E-state index in [1.165, 1.54) is 0 Å². The Hall–Kier alpha value is -0.820. The summed E-state index contributed by atoms with van der Waals surface area (Å²) in [6, 6.07) is 4.51. The van der Waals surface area contributed by atoms with Crippen LogP contribution in [0.25, 0.3) is 0 Å². The standard InChI is InChI=1S/C14H16ClIN2O2/c1-3-10-14(20)18(11(4-2)13(19)17-10)12-6-5-8(16)7-9(12)15/h5-7,10-11H,3-4H2,1-2H3,(H,17,19). The Balaban J connectivity index is 2.47. The Bertz CT molecular complexity index is 550. The van der Waals surface area contributed by atoms with E-state index < -0.39 is 12.1 Å². The van der Waals surface area contributed by atoms with Gasteiger partial charge in [0.05, 0.1) is 10.7 Å². The minimum atomic E-state index is -0.497. The lowest BCUT2D eigenvalue weighted by Crippen LogP contribution is -2.63. The zero-order valence-electron chi connectivity index (χ0n) is 11.3. The molecule has 0 aromatic heterocycles. The van der Waals surface area contributed by atoms with Crippen molar-refractivity contribution in [1.82, 2.24) is 5.32 Å². The quantitative estimate of drug-likeness (QED) is 0.785. The van der Waals surface area contributed by atoms with E-state index in [0.717, 1.165) is 3.57 Å². The second-order valence-electron chi connectivity index (χ2n) is 4.70. The number of carbonyl (C=O) groups is 2. The van der Waals surface area contributed by atoms with E-state index in [-0.39, 0.29) is 11.8 Å². The van der Waals surface area contributed by atoms with Crippen molar-refractivity contribution in [3.63, 3.8) is 0 Å². The first-order valence-electron chi connectivity index (χ1n) is 6.58. The van der Waals surface area contributed by atoms with E-state index in [1.54, 1.807) is 17.0 Å². The molecule has 1 aromatic rings. The molecule has 2 rings (SSSR count). The number of rotatable bonds is 3. The van der Waals surface area contributed by atoms with E-state index >= 15 is 0 Å². The summed E-state index contributed by atoms with van der Waals surface area (Å²) in [5.41, 5.74) is 0.609. The molecule has 0 bridgehead atoms. The topological polar surface area (TPSA) is 49.4 Å². The van der Waals surface area contributed by atoms with Gasteiger partial charge in [-0.2, -0.15) is 0 Å². The first kappa shape index (κ1) is 15.6. The van der Waals surface area contributed by atoms with Crippen LogP contribution in [0.15, 0.2) is 18.2 Å². The molecule has 20 heavy (non-hydrogen) atoms. The van der Waals surface area contributed by atoms with Crippen LogP contribution in [0.4, 0.5) is 5.69 Å². The van der Waals surface area contributed by atoms with Crippen molar-refractivity contribution >= 4 is 51.7 Å². The monoisotopic (exact) mass is 406 g/mol. The summed E-state index contributed by atoms with van der Waals surface area (Å²) in [6.07, 6.45) is 1.12. The molecule has 4 nitrogen and oxygen atoms in total. The van der Waals surface area contributed by atoms with Gasteiger partial charge >= 0.3 is 0 Å². The summed E-state index contributed by atoms with van der Waals surface area (Å²) in [6.45, 7) is 3.76. The van der Waals surface area contributed by atoms with Gasteiger partial charge in [-0.15, -0.1) is 0 Å². The minimum absolute atomic E-state index is 0.0953. The number of nitrogens with zero attached hydrogens (tertiary/aromatic N) is 1. The molecule has 6 heteroatoms. The van der Waals surface area contributed by atoms with Crippen LogP contribution < -0.4 is 10.2 Å². The Kier molecular flexibility index (Phi) is 4.90. The van der Waals surface area contributed by atoms with Crippen molar-refractivity contribution < 1.29 is 9.59 Å². The summed E-state index contributed by atoms with van der Waals surface area (Å²) in [4.78, 5) is 26.3. The van der Waals surface area contributed by atoms with Gasteiger partial charge in [0.25, 0.3) is 0 Å². The largest absolute Gasteiger partial charge is 0.342 e. The molecular weight excluding hydrogens is 391 g/mol. The molecule has 0 spiro atoms. The van der Waals surface area contributed by atoms with Gasteiger partial charge in [0.2, 0.25) is 11.8 Å². The number of halogens is 2. The second-order valence-corrected chi connectivity index (χ2v) is 6.35. The summed E-state index contributed by atoms with van der Waals surface area (Å²) < 4.78 is 0.991. The van der Waals surface area contributed by atoms with Gasteiger partial charge in [-0.25, -0.2) is 0 Å². The lowest BCUT2D eigenvalue weighted by molar-refractivity contribution is -0.134. The number of hydrogen-bond acceptors (Lipinski definition) is 2. The van der Waals surface area contributed by atoms with E-state index in [1.807, 2.05) is 19.9 Å². The highest BCUT2D eigenvalue weighted by Gasteiger charge is 2.40. The lowest BCUT2D eigenvalue weighted by atomic mass is 10.0. The number of hydrogen-bond donors (Lipinski definition) is 1. The molecular formula is C14H16ClIN2O2. The summed E-state index contributed by atoms with van der Waals surface area (Å²) >= 11 is 8.42. The van der Waals surface area contributed by atoms with Gasteiger partial charge < -0.3 is 5.32 Å². The normalized spacial score (nSPS) is 22.9. The molecule has 2 amide bonds. The van der Waals surface area contributed by atoms with Gasteiger partial charge in [0.1, 0.15) is 12.1 Å². The molecule has 0 aliphatic carbocycles. The van der Waals surface area contributed by atoms with E-state index in [0.29, 0.717) is 23.6 Å². The first-order chi connectivity index (χ1) is 9.49. The van der Waals surface area contributed by atoms with E-state index in [9.17, 15) is 9.59 Å². The van der Waals surface area contributed by atoms with Crippen molar-refractivity contribution in [2.45, 2.75) is 38.8 Å². The fourth-order valence-electron chi connectivity index (χ4n) is 2.38. The van der Waals surface area contributed by atoms with Crippen molar-refractivity contribution in [3.8, 4) is 0 Å². The fraction of sp³-hybridized carbons (Fsp3) is 0.429. The molecule has 1 aromatic carbocycles. The van der Waals surface area contributed by atoms with Crippen LogP contribution in [0, 0.1) is 3.57 Å². The lowest BCUT2D eigenvalue weighted by Gasteiger charge is -2.38. The van der Waals surface area contributed by atoms with Gasteiger partial charge in [-0.1, -0.05) is 25.4 Å². The van der Waals surface area contributed by atoms with E-state index in [2.05, 4.69) is 27.9 Å². The smallest absolute Gasteiger partial charge is 0.250 e. The molecule has 1 aliphatic heterocycles. The third kappa shape index (κ3) is 2.79. The van der Waals surface area contributed by atoms with Crippen molar-refractivity contribution in [1.29, 1.82) is 0 Å². The van der Waals surface area contributed by atoms with Crippen LogP contribution in [-0.4, -0.2) is 23.9 Å².